The van der Waals surface area contributed by atoms with Crippen LogP contribution in [0.3, 0.4) is 0 Å². The molecule has 3 nitrogen and oxygen atoms in total. The number of halogens is 3. The van der Waals surface area contributed by atoms with Crippen LogP contribution in [0.25, 0.3) is 0 Å². The molecule has 6 unspecified atom stereocenters. The predicted octanol–water partition coefficient (Wildman–Crippen LogP) is 4.26. The van der Waals surface area contributed by atoms with E-state index >= 15 is 0 Å². The van der Waals surface area contributed by atoms with Crippen molar-refractivity contribution in [2.45, 2.75) is 73.0 Å². The van der Waals surface area contributed by atoms with E-state index in [1.165, 1.54) is 38.5 Å². The van der Waals surface area contributed by atoms with E-state index in [9.17, 15) is 0 Å². The molecule has 0 aromatic rings. The Labute approximate surface area is 158 Å². The molecule has 0 aromatic heterocycles. The van der Waals surface area contributed by atoms with Crippen LogP contribution in [0.15, 0.2) is 4.99 Å². The van der Waals surface area contributed by atoms with Crippen molar-refractivity contribution in [1.29, 1.82) is 0 Å². The summed E-state index contributed by atoms with van der Waals surface area (Å²) in [5.74, 6) is 2.11. The van der Waals surface area contributed by atoms with E-state index in [2.05, 4.69) is 31.6 Å². The van der Waals surface area contributed by atoms with Crippen LogP contribution in [-0.4, -0.2) is 40.7 Å². The fourth-order valence-corrected chi connectivity index (χ4v) is 5.90. The van der Waals surface area contributed by atoms with Crippen molar-refractivity contribution in [2.75, 3.05) is 13.1 Å². The van der Waals surface area contributed by atoms with Crippen molar-refractivity contribution in [3.63, 3.8) is 0 Å². The molecule has 0 spiro atoms. The van der Waals surface area contributed by atoms with Gasteiger partial charge in [-0.3, -0.25) is 4.99 Å². The van der Waals surface area contributed by atoms with Gasteiger partial charge in [0.1, 0.15) is 0 Å². The third-order valence-electron chi connectivity index (χ3n) is 5.66. The van der Waals surface area contributed by atoms with Crippen LogP contribution < -0.4 is 10.6 Å². The first-order valence-electron chi connectivity index (χ1n) is 9.12. The second kappa shape index (κ2) is 8.62. The van der Waals surface area contributed by atoms with Crippen molar-refractivity contribution < 1.29 is 0 Å². The van der Waals surface area contributed by atoms with Crippen LogP contribution in [0.2, 0.25) is 0 Å². The summed E-state index contributed by atoms with van der Waals surface area (Å²) in [6.07, 6.45) is 9.87. The van der Waals surface area contributed by atoms with Crippen molar-refractivity contribution >= 4 is 45.1 Å². The molecule has 6 heteroatoms. The summed E-state index contributed by atoms with van der Waals surface area (Å²) in [6.45, 7) is 1.80. The van der Waals surface area contributed by atoms with Crippen LogP contribution in [0.1, 0.15) is 51.4 Å². The van der Waals surface area contributed by atoms with E-state index in [0.29, 0.717) is 16.8 Å². The first kappa shape index (κ1) is 18.1. The highest BCUT2D eigenvalue weighted by molar-refractivity contribution is 9.09. The topological polar surface area (TPSA) is 36.4 Å². The predicted molar refractivity (Wildman–Crippen MR) is 103 cm³/mol. The average Bonchev–Trinajstić information content (AvgIpc) is 3.05. The van der Waals surface area contributed by atoms with Crippen molar-refractivity contribution in [2.24, 2.45) is 16.8 Å². The number of guanidine groups is 1. The number of hydrogen-bond donors (Lipinski definition) is 2. The molecule has 0 aromatic carbocycles. The third-order valence-corrected chi connectivity index (χ3v) is 8.11. The quantitative estimate of drug-likeness (QED) is 0.661. The van der Waals surface area contributed by atoms with E-state index in [4.69, 9.17) is 23.2 Å². The average molecular weight is 425 g/mol. The zero-order chi connectivity index (χ0) is 16.2. The molecule has 2 saturated carbocycles. The Balaban J connectivity index is 1.69. The van der Waals surface area contributed by atoms with Crippen LogP contribution in [0, 0.1) is 11.8 Å². The number of nitrogens with zero attached hydrogens (tertiary/aromatic N) is 1. The summed E-state index contributed by atoms with van der Waals surface area (Å²) in [6, 6.07) is 0.367. The zero-order valence-corrected chi connectivity index (χ0v) is 16.7. The van der Waals surface area contributed by atoms with Crippen LogP contribution in [0.5, 0.6) is 0 Å². The van der Waals surface area contributed by atoms with Gasteiger partial charge < -0.3 is 10.6 Å². The number of alkyl halides is 3. The molecule has 2 N–H and O–H groups in total. The molecule has 1 aliphatic heterocycles. The summed E-state index contributed by atoms with van der Waals surface area (Å²) >= 11 is 17.1. The van der Waals surface area contributed by atoms with Crippen LogP contribution in [-0.2, 0) is 0 Å². The molecule has 6 atom stereocenters. The Morgan fingerprint density at radius 1 is 1.17 bits per heavy atom. The van der Waals surface area contributed by atoms with E-state index in [1.807, 2.05) is 0 Å². The lowest BCUT2D eigenvalue weighted by Crippen LogP contribution is -2.51. The smallest absolute Gasteiger partial charge is 0.191 e. The number of rotatable bonds is 4. The molecule has 0 bridgehead atoms. The summed E-state index contributed by atoms with van der Waals surface area (Å²) in [5, 5.41) is 7.19. The molecule has 3 aliphatic rings. The molecule has 1 heterocycles. The Kier molecular flexibility index (Phi) is 6.80. The SMILES string of the molecule is ClC1CCCC(C(CC2CCCCC2Br)NC2=NCCN2)C1Cl. The lowest BCUT2D eigenvalue weighted by Gasteiger charge is -2.40. The fourth-order valence-electron chi connectivity index (χ4n) is 4.32. The molecule has 2 fully saturated rings. The molecule has 0 radical (unpaired) electrons. The van der Waals surface area contributed by atoms with Gasteiger partial charge in [-0.1, -0.05) is 35.2 Å². The molecule has 2 aliphatic carbocycles. The van der Waals surface area contributed by atoms with Crippen molar-refractivity contribution in [1.82, 2.24) is 10.6 Å². The Morgan fingerprint density at radius 3 is 2.74 bits per heavy atom. The zero-order valence-electron chi connectivity index (χ0n) is 13.6. The first-order chi connectivity index (χ1) is 11.1. The van der Waals surface area contributed by atoms with Gasteiger partial charge in [0, 0.05) is 17.4 Å². The van der Waals surface area contributed by atoms with Crippen LogP contribution in [0.4, 0.5) is 0 Å². The molecular weight excluding hydrogens is 397 g/mol. The summed E-state index contributed by atoms with van der Waals surface area (Å²) < 4.78 is 0. The maximum atomic E-state index is 6.72. The maximum Gasteiger partial charge on any atom is 0.191 e. The van der Waals surface area contributed by atoms with Gasteiger partial charge in [-0.15, -0.1) is 23.2 Å². The highest BCUT2D eigenvalue weighted by Crippen LogP contribution is 2.39. The molecule has 3 rings (SSSR count). The highest BCUT2D eigenvalue weighted by Gasteiger charge is 2.38. The van der Waals surface area contributed by atoms with E-state index in [0.717, 1.165) is 37.8 Å². The molecule has 132 valence electrons. The fraction of sp³-hybridized carbons (Fsp3) is 0.941. The monoisotopic (exact) mass is 423 g/mol. The van der Waals surface area contributed by atoms with Gasteiger partial charge in [0.2, 0.25) is 0 Å². The summed E-state index contributed by atoms with van der Waals surface area (Å²) in [5.41, 5.74) is 0. The van der Waals surface area contributed by atoms with Gasteiger partial charge >= 0.3 is 0 Å². The summed E-state index contributed by atoms with van der Waals surface area (Å²) in [4.78, 5) is 5.17. The van der Waals surface area contributed by atoms with E-state index in [1.54, 1.807) is 0 Å². The van der Waals surface area contributed by atoms with Gasteiger partial charge in [-0.05, 0) is 43.9 Å². The second-order valence-electron chi connectivity index (χ2n) is 7.26. The van der Waals surface area contributed by atoms with Crippen molar-refractivity contribution in [3.8, 4) is 0 Å². The largest absolute Gasteiger partial charge is 0.355 e. The maximum absolute atomic E-state index is 6.72. The Hall–Kier alpha value is 0.330. The van der Waals surface area contributed by atoms with E-state index in [-0.39, 0.29) is 10.8 Å². The van der Waals surface area contributed by atoms with Gasteiger partial charge in [-0.2, -0.15) is 0 Å². The van der Waals surface area contributed by atoms with Gasteiger partial charge in [0.05, 0.1) is 17.3 Å². The Bertz CT molecular complexity index is 421. The summed E-state index contributed by atoms with van der Waals surface area (Å²) in [7, 11) is 0. The first-order valence-corrected chi connectivity index (χ1v) is 10.9. The normalized spacial score (nSPS) is 39.4. The number of aliphatic imine (C=N–C) groups is 1. The second-order valence-corrected chi connectivity index (χ2v) is 9.50. The molecule has 0 saturated heterocycles. The Morgan fingerprint density at radius 2 is 2.00 bits per heavy atom. The minimum absolute atomic E-state index is 0.0577. The standard InChI is InChI=1S/C17H28BrCl2N3/c18-13-6-2-1-4-11(13)10-15(23-17-21-8-9-22-17)12-5-3-7-14(19)16(12)20/h11-16H,1-10H2,(H2,21,22,23). The minimum Gasteiger partial charge on any atom is -0.355 e. The van der Waals surface area contributed by atoms with Crippen molar-refractivity contribution in [3.05, 3.63) is 0 Å². The van der Waals surface area contributed by atoms with Crippen LogP contribution >= 0.6 is 39.1 Å². The molecule has 0 amide bonds. The minimum atomic E-state index is 0.0577. The van der Waals surface area contributed by atoms with Gasteiger partial charge in [0.15, 0.2) is 5.96 Å². The molecular formula is C17H28BrCl2N3. The van der Waals surface area contributed by atoms with E-state index < -0.39 is 0 Å². The molecule has 23 heavy (non-hydrogen) atoms. The van der Waals surface area contributed by atoms with Gasteiger partial charge in [0.25, 0.3) is 0 Å². The lowest BCUT2D eigenvalue weighted by atomic mass is 9.76. The third kappa shape index (κ3) is 4.70. The lowest BCUT2D eigenvalue weighted by molar-refractivity contribution is 0.238. The highest BCUT2D eigenvalue weighted by atomic mass is 79.9. The number of nitrogens with one attached hydrogen (secondary N) is 2. The number of hydrogen-bond acceptors (Lipinski definition) is 3. The van der Waals surface area contributed by atoms with Gasteiger partial charge in [-0.25, -0.2) is 0 Å².